The molecule has 0 aliphatic carbocycles. The monoisotopic (exact) mass is 428 g/mol. The maximum atomic E-state index is 13.9. The Kier molecular flexibility index (Phi) is 5.38. The first-order valence-corrected chi connectivity index (χ1v) is 10.3. The number of hydrogen-bond acceptors (Lipinski definition) is 5. The van der Waals surface area contributed by atoms with Gasteiger partial charge in [-0.25, -0.2) is 18.7 Å². The van der Waals surface area contributed by atoms with Crippen molar-refractivity contribution >= 4 is 46.0 Å². The van der Waals surface area contributed by atoms with Crippen LogP contribution in [0.25, 0.3) is 0 Å². The van der Waals surface area contributed by atoms with Crippen LogP contribution in [0.15, 0.2) is 52.4 Å². The summed E-state index contributed by atoms with van der Waals surface area (Å²) in [7, 11) is 0. The minimum atomic E-state index is -0.730. The standard InChI is InChI=1S/C21H18F2N4O2S/c1-3-17(19(28)25-16-10-12(22)8-9-14(16)23)30-21-26-15-7-5-4-6-13(15)18-24-11(2)20(29)27(18)21/h4-11,17H,3H2,1-2H3,(H,25,28)/t11-,17-/m0/s1. The van der Waals surface area contributed by atoms with Crippen molar-refractivity contribution in [1.29, 1.82) is 0 Å². The fourth-order valence-corrected chi connectivity index (χ4v) is 4.23. The minimum absolute atomic E-state index is 0.225. The summed E-state index contributed by atoms with van der Waals surface area (Å²) in [5.41, 5.74) is 1.17. The van der Waals surface area contributed by atoms with Gasteiger partial charge in [0.15, 0.2) is 5.17 Å². The van der Waals surface area contributed by atoms with Gasteiger partial charge in [0.05, 0.1) is 16.6 Å². The molecular formula is C21H18F2N4O2S. The van der Waals surface area contributed by atoms with Gasteiger partial charge in [0.25, 0.3) is 5.91 Å². The van der Waals surface area contributed by atoms with Gasteiger partial charge >= 0.3 is 0 Å². The van der Waals surface area contributed by atoms with Crippen LogP contribution in [0.4, 0.5) is 20.2 Å². The lowest BCUT2D eigenvalue weighted by Gasteiger charge is -2.27. The number of anilines is 1. The molecule has 2 heterocycles. The second-order valence-electron chi connectivity index (χ2n) is 6.84. The summed E-state index contributed by atoms with van der Waals surface area (Å²) < 4.78 is 27.3. The van der Waals surface area contributed by atoms with E-state index in [9.17, 15) is 18.4 Å². The molecule has 2 aliphatic rings. The maximum absolute atomic E-state index is 13.9. The molecule has 0 fully saturated rings. The van der Waals surface area contributed by atoms with Crippen molar-refractivity contribution in [3.05, 3.63) is 59.7 Å². The summed E-state index contributed by atoms with van der Waals surface area (Å²) in [6, 6.07) is 9.64. The maximum Gasteiger partial charge on any atom is 0.258 e. The first-order chi connectivity index (χ1) is 14.4. The number of amidine groups is 2. The predicted octanol–water partition coefficient (Wildman–Crippen LogP) is 4.09. The van der Waals surface area contributed by atoms with E-state index in [1.807, 2.05) is 24.3 Å². The van der Waals surface area contributed by atoms with Crippen molar-refractivity contribution in [3.63, 3.8) is 0 Å². The molecule has 4 rings (SSSR count). The Labute approximate surface area is 176 Å². The van der Waals surface area contributed by atoms with Gasteiger partial charge in [0.1, 0.15) is 23.5 Å². The molecule has 6 nitrogen and oxygen atoms in total. The van der Waals surface area contributed by atoms with Crippen molar-refractivity contribution in [3.8, 4) is 0 Å². The van der Waals surface area contributed by atoms with Crippen LogP contribution in [0.1, 0.15) is 25.8 Å². The average molecular weight is 428 g/mol. The SMILES string of the molecule is CC[C@H](SC1=Nc2ccccc2C2=N[C@@H](C)C(=O)N12)C(=O)Nc1cc(F)ccc1F. The molecule has 0 spiro atoms. The molecule has 9 heteroatoms. The van der Waals surface area contributed by atoms with Gasteiger partial charge in [-0.15, -0.1) is 0 Å². The van der Waals surface area contributed by atoms with Crippen LogP contribution in [0.5, 0.6) is 0 Å². The third kappa shape index (κ3) is 3.60. The van der Waals surface area contributed by atoms with Crippen LogP contribution in [-0.4, -0.2) is 39.0 Å². The highest BCUT2D eigenvalue weighted by molar-refractivity contribution is 8.15. The van der Waals surface area contributed by atoms with E-state index < -0.39 is 28.8 Å². The summed E-state index contributed by atoms with van der Waals surface area (Å²) in [6.07, 6.45) is 0.387. The lowest BCUT2D eigenvalue weighted by atomic mass is 10.1. The number of rotatable bonds is 4. The van der Waals surface area contributed by atoms with E-state index in [0.717, 1.165) is 35.5 Å². The normalized spacial score (nSPS) is 18.3. The third-order valence-corrected chi connectivity index (χ3v) is 6.07. The molecule has 0 saturated carbocycles. The largest absolute Gasteiger partial charge is 0.323 e. The van der Waals surface area contributed by atoms with Gasteiger partial charge in [0, 0.05) is 11.6 Å². The number of hydrogen-bond donors (Lipinski definition) is 1. The Morgan fingerprint density at radius 2 is 2.03 bits per heavy atom. The first-order valence-electron chi connectivity index (χ1n) is 9.41. The summed E-state index contributed by atoms with van der Waals surface area (Å²) in [5.74, 6) is -1.61. The van der Waals surface area contributed by atoms with E-state index in [0.29, 0.717) is 23.1 Å². The molecule has 1 N–H and O–H groups in total. The molecular weight excluding hydrogens is 410 g/mol. The van der Waals surface area contributed by atoms with Gasteiger partial charge in [-0.3, -0.25) is 14.6 Å². The van der Waals surface area contributed by atoms with Crippen molar-refractivity contribution in [1.82, 2.24) is 4.90 Å². The molecule has 2 aliphatic heterocycles. The van der Waals surface area contributed by atoms with Gasteiger partial charge in [0.2, 0.25) is 5.91 Å². The zero-order valence-electron chi connectivity index (χ0n) is 16.2. The highest BCUT2D eigenvalue weighted by Gasteiger charge is 2.40. The Morgan fingerprint density at radius 1 is 1.27 bits per heavy atom. The second-order valence-corrected chi connectivity index (χ2v) is 8.01. The molecule has 0 unspecified atom stereocenters. The van der Waals surface area contributed by atoms with Gasteiger partial charge in [-0.1, -0.05) is 30.8 Å². The number of fused-ring (bicyclic) bond motifs is 3. The summed E-state index contributed by atoms with van der Waals surface area (Å²) in [6.45, 7) is 3.50. The summed E-state index contributed by atoms with van der Waals surface area (Å²) >= 11 is 1.09. The van der Waals surface area contributed by atoms with E-state index in [4.69, 9.17) is 0 Å². The number of nitrogens with zero attached hydrogens (tertiary/aromatic N) is 3. The minimum Gasteiger partial charge on any atom is -0.323 e. The van der Waals surface area contributed by atoms with E-state index in [1.165, 1.54) is 4.90 Å². The van der Waals surface area contributed by atoms with E-state index in [1.54, 1.807) is 13.8 Å². The van der Waals surface area contributed by atoms with Crippen LogP contribution in [0.2, 0.25) is 0 Å². The number of nitrogens with one attached hydrogen (secondary N) is 1. The van der Waals surface area contributed by atoms with Crippen LogP contribution < -0.4 is 5.32 Å². The molecule has 154 valence electrons. The molecule has 0 radical (unpaired) electrons. The van der Waals surface area contributed by atoms with Gasteiger partial charge in [-0.05, 0) is 37.6 Å². The molecule has 0 bridgehead atoms. The van der Waals surface area contributed by atoms with Crippen molar-refractivity contribution < 1.29 is 18.4 Å². The Balaban J connectivity index is 1.62. The Morgan fingerprint density at radius 3 is 2.80 bits per heavy atom. The third-order valence-electron chi connectivity index (χ3n) is 4.76. The number of aliphatic imine (C=N–C) groups is 2. The van der Waals surface area contributed by atoms with Crippen LogP contribution in [0, 0.1) is 11.6 Å². The van der Waals surface area contributed by atoms with Crippen molar-refractivity contribution in [2.75, 3.05) is 5.32 Å². The fraction of sp³-hybridized carbons (Fsp3) is 0.238. The molecule has 2 aromatic carbocycles. The number of carbonyl (C=O) groups is 2. The fourth-order valence-electron chi connectivity index (χ4n) is 3.21. The van der Waals surface area contributed by atoms with E-state index in [-0.39, 0.29) is 11.6 Å². The molecule has 0 saturated heterocycles. The summed E-state index contributed by atoms with van der Waals surface area (Å²) in [5, 5.41) is 2.08. The number of benzene rings is 2. The number of para-hydroxylation sites is 1. The number of thioether (sulfide) groups is 1. The smallest absolute Gasteiger partial charge is 0.258 e. The first kappa shape index (κ1) is 20.2. The average Bonchev–Trinajstić information content (AvgIpc) is 3.03. The molecule has 0 aromatic heterocycles. The number of halogens is 2. The molecule has 2 atom stereocenters. The zero-order valence-corrected chi connectivity index (χ0v) is 17.0. The second kappa shape index (κ2) is 7.98. The predicted molar refractivity (Wildman–Crippen MR) is 113 cm³/mol. The number of carbonyl (C=O) groups excluding carboxylic acids is 2. The zero-order chi connectivity index (χ0) is 21.4. The lowest BCUT2D eigenvalue weighted by molar-refractivity contribution is -0.124. The van der Waals surface area contributed by atoms with Crippen LogP contribution in [-0.2, 0) is 9.59 Å². The van der Waals surface area contributed by atoms with E-state index in [2.05, 4.69) is 15.3 Å². The quantitative estimate of drug-likeness (QED) is 0.797. The van der Waals surface area contributed by atoms with Gasteiger partial charge < -0.3 is 5.32 Å². The van der Waals surface area contributed by atoms with Crippen LogP contribution in [0.3, 0.4) is 0 Å². The van der Waals surface area contributed by atoms with Crippen LogP contribution >= 0.6 is 11.8 Å². The molecule has 2 aromatic rings. The Hall–Kier alpha value is -3.07. The number of amides is 2. The Bertz CT molecular complexity index is 1100. The topological polar surface area (TPSA) is 74.1 Å². The van der Waals surface area contributed by atoms with Crippen molar-refractivity contribution in [2.24, 2.45) is 9.98 Å². The highest BCUT2D eigenvalue weighted by Crippen LogP contribution is 2.35. The lowest BCUT2D eigenvalue weighted by Crippen LogP contribution is -2.42. The van der Waals surface area contributed by atoms with Crippen molar-refractivity contribution in [2.45, 2.75) is 31.6 Å². The molecule has 30 heavy (non-hydrogen) atoms. The highest BCUT2D eigenvalue weighted by atomic mass is 32.2. The van der Waals surface area contributed by atoms with Gasteiger partial charge in [-0.2, -0.15) is 0 Å². The summed E-state index contributed by atoms with van der Waals surface area (Å²) in [4.78, 5) is 35.9. The molecule has 2 amide bonds. The van der Waals surface area contributed by atoms with E-state index >= 15 is 0 Å².